The molecule has 110 valence electrons. The minimum absolute atomic E-state index is 0. The Balaban J connectivity index is -0.000000500. The number of esters is 2. The second-order valence-corrected chi connectivity index (χ2v) is 3.49. The Hall–Kier alpha value is -0.900. The third-order valence-corrected chi connectivity index (χ3v) is 2.02. The zero-order chi connectivity index (χ0) is 15.1. The first-order chi connectivity index (χ1) is 9.41. The molecule has 0 aliphatic heterocycles. The van der Waals surface area contributed by atoms with Crippen LogP contribution in [0.3, 0.4) is 0 Å². The van der Waals surface area contributed by atoms with E-state index in [-0.39, 0.29) is 73.1 Å². The first-order valence-corrected chi connectivity index (χ1v) is 5.28. The summed E-state index contributed by atoms with van der Waals surface area (Å²) in [6, 6.07) is 5.35. The van der Waals surface area contributed by atoms with Crippen LogP contribution >= 0.6 is 0 Å². The van der Waals surface area contributed by atoms with Crippen LogP contribution in [0.15, 0.2) is 24.3 Å². The Morgan fingerprint density at radius 2 is 1.14 bits per heavy atom. The molecular formula is C12H12Na2O8. The summed E-state index contributed by atoms with van der Waals surface area (Å²) in [4.78, 5) is 43.8. The fourth-order valence-electron chi connectivity index (χ4n) is 1.25. The van der Waals surface area contributed by atoms with Gasteiger partial charge in [0.15, 0.2) is 13.2 Å². The molecule has 0 spiro atoms. The molecule has 0 amide bonds. The Morgan fingerprint density at radius 3 is 1.41 bits per heavy atom. The molecule has 2 N–H and O–H groups in total. The summed E-state index contributed by atoms with van der Waals surface area (Å²) in [6.07, 6.45) is 0. The van der Waals surface area contributed by atoms with Gasteiger partial charge in [0.25, 0.3) is 0 Å². The van der Waals surface area contributed by atoms with Crippen LogP contribution in [-0.4, -0.2) is 47.3 Å². The van der Waals surface area contributed by atoms with Crippen LogP contribution in [0.1, 0.15) is 23.6 Å². The Morgan fingerprint density at radius 1 is 0.818 bits per heavy atom. The average Bonchev–Trinajstić information content (AvgIpc) is 2.42. The molecule has 1 aromatic rings. The number of carboxylic acids is 2. The summed E-state index contributed by atoms with van der Waals surface area (Å²) in [5.41, 5.74) is -0.409. The van der Waals surface area contributed by atoms with Gasteiger partial charge in [-0.05, 0) is 12.1 Å². The zero-order valence-electron chi connectivity index (χ0n) is 14.1. The number of carboxylic acid groups (broad SMARTS) is 2. The summed E-state index contributed by atoms with van der Waals surface area (Å²) in [5, 5.41) is 16.8. The van der Waals surface area contributed by atoms with Crippen LogP contribution in [0.25, 0.3) is 0 Å². The van der Waals surface area contributed by atoms with E-state index >= 15 is 0 Å². The molecule has 0 fully saturated rings. The molecule has 0 atom stereocenters. The second kappa shape index (κ2) is 11.6. The standard InChI is InChI=1S/C12H10O8.2Na.2H/c13-9(14)5-19-11(17)7-3-1-2-4-8(7)12(18)20-6-10(15)16;;;;/h1-4H,5-6H2,(H,13,14)(H,15,16);;;;/q;2*+1;2*-1. The molecular weight excluding hydrogens is 318 g/mol. The normalized spacial score (nSPS) is 8.73. The van der Waals surface area contributed by atoms with E-state index in [1.165, 1.54) is 24.3 Å². The summed E-state index contributed by atoms with van der Waals surface area (Å²) in [5.74, 6) is -4.72. The minimum atomic E-state index is -1.34. The number of carbonyl (C=O) groups excluding carboxylic acids is 2. The van der Waals surface area contributed by atoms with Crippen LogP contribution in [0.5, 0.6) is 0 Å². The van der Waals surface area contributed by atoms with E-state index in [0.29, 0.717) is 0 Å². The molecule has 8 nitrogen and oxygen atoms in total. The molecule has 0 aromatic heterocycles. The third-order valence-electron chi connectivity index (χ3n) is 2.02. The number of carbonyl (C=O) groups is 4. The number of ether oxygens (including phenoxy) is 2. The van der Waals surface area contributed by atoms with E-state index in [2.05, 4.69) is 9.47 Å². The molecule has 0 saturated heterocycles. The first-order valence-electron chi connectivity index (χ1n) is 5.28. The van der Waals surface area contributed by atoms with Gasteiger partial charge in [-0.15, -0.1) is 0 Å². The number of benzene rings is 1. The maximum atomic E-state index is 11.6. The molecule has 1 aromatic carbocycles. The van der Waals surface area contributed by atoms with Gasteiger partial charge in [-0.2, -0.15) is 0 Å². The van der Waals surface area contributed by atoms with Crippen molar-refractivity contribution in [1.29, 1.82) is 0 Å². The van der Waals surface area contributed by atoms with Crippen molar-refractivity contribution in [3.8, 4) is 0 Å². The van der Waals surface area contributed by atoms with Crippen LogP contribution in [0.4, 0.5) is 0 Å². The van der Waals surface area contributed by atoms with E-state index in [1.807, 2.05) is 0 Å². The monoisotopic (exact) mass is 330 g/mol. The number of rotatable bonds is 6. The number of aliphatic carboxylic acids is 2. The van der Waals surface area contributed by atoms with Crippen molar-refractivity contribution < 1.29 is 101 Å². The minimum Gasteiger partial charge on any atom is -1.00 e. The maximum absolute atomic E-state index is 11.6. The largest absolute Gasteiger partial charge is 1.00 e. The molecule has 10 heteroatoms. The summed E-state index contributed by atoms with van der Waals surface area (Å²) >= 11 is 0. The summed E-state index contributed by atoms with van der Waals surface area (Å²) in [7, 11) is 0. The predicted octanol–water partition coefficient (Wildman–Crippen LogP) is -5.60. The van der Waals surface area contributed by atoms with E-state index < -0.39 is 37.1 Å². The predicted molar refractivity (Wildman–Crippen MR) is 64.5 cm³/mol. The molecule has 0 aliphatic rings. The molecule has 0 radical (unpaired) electrons. The quantitative estimate of drug-likeness (QED) is 0.390. The Kier molecular flexibility index (Phi) is 12.4. The van der Waals surface area contributed by atoms with Crippen molar-refractivity contribution in [3.63, 3.8) is 0 Å². The van der Waals surface area contributed by atoms with Crippen LogP contribution in [0, 0.1) is 0 Å². The van der Waals surface area contributed by atoms with Gasteiger partial charge in [0.1, 0.15) is 0 Å². The van der Waals surface area contributed by atoms with Crippen LogP contribution < -0.4 is 59.1 Å². The maximum Gasteiger partial charge on any atom is 1.00 e. The van der Waals surface area contributed by atoms with E-state index in [4.69, 9.17) is 10.2 Å². The van der Waals surface area contributed by atoms with Gasteiger partial charge >= 0.3 is 83.0 Å². The SMILES string of the molecule is O=C(O)COC(=O)c1ccccc1C(=O)OCC(=O)O.[H-].[H-].[Na+].[Na+]. The van der Waals surface area contributed by atoms with Gasteiger partial charge in [-0.3, -0.25) is 0 Å². The van der Waals surface area contributed by atoms with Crippen molar-refractivity contribution in [1.82, 2.24) is 0 Å². The van der Waals surface area contributed by atoms with E-state index in [0.717, 1.165) is 0 Å². The van der Waals surface area contributed by atoms with Crippen molar-refractivity contribution in [2.75, 3.05) is 13.2 Å². The molecule has 0 unspecified atom stereocenters. The first kappa shape index (κ1) is 23.4. The number of hydrogen-bond donors (Lipinski definition) is 2. The van der Waals surface area contributed by atoms with Gasteiger partial charge < -0.3 is 22.5 Å². The van der Waals surface area contributed by atoms with E-state index in [9.17, 15) is 19.2 Å². The summed E-state index contributed by atoms with van der Waals surface area (Å²) < 4.78 is 8.89. The van der Waals surface area contributed by atoms with Crippen molar-refractivity contribution in [2.45, 2.75) is 0 Å². The Labute approximate surface area is 172 Å². The van der Waals surface area contributed by atoms with Crippen LogP contribution in [-0.2, 0) is 19.1 Å². The van der Waals surface area contributed by atoms with Crippen molar-refractivity contribution in [3.05, 3.63) is 35.4 Å². The molecule has 0 aliphatic carbocycles. The third kappa shape index (κ3) is 7.92. The molecule has 1 rings (SSSR count). The molecule has 0 heterocycles. The van der Waals surface area contributed by atoms with Gasteiger partial charge in [0, 0.05) is 0 Å². The van der Waals surface area contributed by atoms with Gasteiger partial charge in [0.05, 0.1) is 11.1 Å². The second-order valence-electron chi connectivity index (χ2n) is 3.49. The van der Waals surface area contributed by atoms with Crippen LogP contribution in [0.2, 0.25) is 0 Å². The molecule has 0 bridgehead atoms. The topological polar surface area (TPSA) is 127 Å². The van der Waals surface area contributed by atoms with Gasteiger partial charge in [0.2, 0.25) is 0 Å². The van der Waals surface area contributed by atoms with Gasteiger partial charge in [-0.1, -0.05) is 12.1 Å². The molecule has 22 heavy (non-hydrogen) atoms. The fraction of sp³-hybridized carbons (Fsp3) is 0.167. The number of hydrogen-bond acceptors (Lipinski definition) is 6. The Bertz CT molecular complexity index is 519. The average molecular weight is 330 g/mol. The zero-order valence-corrected chi connectivity index (χ0v) is 16.1. The smallest absolute Gasteiger partial charge is 1.00 e. The fourth-order valence-corrected chi connectivity index (χ4v) is 1.25. The van der Waals surface area contributed by atoms with Crippen molar-refractivity contribution >= 4 is 23.9 Å². The summed E-state index contributed by atoms with van der Waals surface area (Å²) in [6.45, 7) is -1.70. The molecule has 0 saturated carbocycles. The van der Waals surface area contributed by atoms with Crippen molar-refractivity contribution in [2.24, 2.45) is 0 Å². The van der Waals surface area contributed by atoms with Gasteiger partial charge in [-0.25, -0.2) is 19.2 Å². The van der Waals surface area contributed by atoms with E-state index in [1.54, 1.807) is 0 Å².